The van der Waals surface area contributed by atoms with Crippen LogP contribution >= 0.6 is 0 Å². The zero-order chi connectivity index (χ0) is 15.1. The second-order valence-corrected chi connectivity index (χ2v) is 6.13. The molecule has 1 aromatic carbocycles. The molecule has 0 saturated carbocycles. The highest BCUT2D eigenvalue weighted by atomic mass is 19.2. The molecule has 2 atom stereocenters. The molecule has 4 rings (SSSR count). The highest BCUT2D eigenvalue weighted by Gasteiger charge is 2.35. The van der Waals surface area contributed by atoms with E-state index in [-0.39, 0.29) is 0 Å². The van der Waals surface area contributed by atoms with Crippen molar-refractivity contribution in [2.24, 2.45) is 5.92 Å². The topological polar surface area (TPSA) is 28.2 Å². The van der Waals surface area contributed by atoms with Gasteiger partial charge in [0.15, 0.2) is 11.6 Å². The fourth-order valence-electron chi connectivity index (χ4n) is 3.54. The number of rotatable bonds is 2. The molecule has 0 radical (unpaired) electrons. The summed E-state index contributed by atoms with van der Waals surface area (Å²) >= 11 is 0. The molecule has 2 aliphatic heterocycles. The van der Waals surface area contributed by atoms with Gasteiger partial charge in [-0.2, -0.15) is 0 Å². The van der Waals surface area contributed by atoms with E-state index in [1.54, 1.807) is 12.3 Å². The van der Waals surface area contributed by atoms with Gasteiger partial charge in [-0.15, -0.1) is 0 Å². The molecule has 2 aromatic rings. The van der Waals surface area contributed by atoms with Crippen molar-refractivity contribution < 1.29 is 8.78 Å². The maximum absolute atomic E-state index is 13.4. The van der Waals surface area contributed by atoms with Gasteiger partial charge < -0.3 is 10.2 Å². The fourth-order valence-corrected chi connectivity index (χ4v) is 3.54. The normalized spacial score (nSPS) is 23.8. The maximum Gasteiger partial charge on any atom is 0.159 e. The molecule has 1 N–H and O–H groups in total. The Kier molecular flexibility index (Phi) is 3.30. The van der Waals surface area contributed by atoms with Gasteiger partial charge in [-0.1, -0.05) is 6.07 Å². The summed E-state index contributed by atoms with van der Waals surface area (Å²) in [6, 6.07) is 6.48. The Labute approximate surface area is 128 Å². The van der Waals surface area contributed by atoms with E-state index >= 15 is 0 Å². The summed E-state index contributed by atoms with van der Waals surface area (Å²) in [5.74, 6) is -0.970. The van der Waals surface area contributed by atoms with Crippen molar-refractivity contribution in [2.45, 2.75) is 12.5 Å². The molecule has 1 aromatic heterocycles. The molecule has 22 heavy (non-hydrogen) atoms. The predicted octanol–water partition coefficient (Wildman–Crippen LogP) is 2.82. The summed E-state index contributed by atoms with van der Waals surface area (Å²) < 4.78 is 26.5. The van der Waals surface area contributed by atoms with Gasteiger partial charge in [0.25, 0.3) is 0 Å². The molecule has 0 amide bonds. The Balaban J connectivity index is 1.67. The number of hydrogen-bond acceptors (Lipinski definition) is 3. The van der Waals surface area contributed by atoms with Crippen molar-refractivity contribution >= 4 is 5.69 Å². The lowest BCUT2D eigenvalue weighted by Gasteiger charge is -2.26. The van der Waals surface area contributed by atoms with E-state index in [4.69, 9.17) is 0 Å². The van der Waals surface area contributed by atoms with E-state index in [2.05, 4.69) is 15.2 Å². The van der Waals surface area contributed by atoms with Crippen LogP contribution in [-0.2, 0) is 0 Å². The summed E-state index contributed by atoms with van der Waals surface area (Å²) in [7, 11) is 0. The van der Waals surface area contributed by atoms with Crippen LogP contribution in [-0.4, -0.2) is 30.7 Å². The number of hydrogen-bond donors (Lipinski definition) is 1. The van der Waals surface area contributed by atoms with Crippen LogP contribution in [0, 0.1) is 17.6 Å². The highest BCUT2D eigenvalue weighted by Crippen LogP contribution is 2.32. The van der Waals surface area contributed by atoms with Crippen LogP contribution in [0.5, 0.6) is 0 Å². The largest absolute Gasteiger partial charge is 0.366 e. The Bertz CT molecular complexity index is 704. The quantitative estimate of drug-likeness (QED) is 0.924. The molecule has 2 aliphatic rings. The van der Waals surface area contributed by atoms with Gasteiger partial charge >= 0.3 is 0 Å². The summed E-state index contributed by atoms with van der Waals surface area (Å²) in [4.78, 5) is 6.67. The lowest BCUT2D eigenvalue weighted by atomic mass is 10.0. The maximum atomic E-state index is 13.4. The number of fused-ring (bicyclic) bond motifs is 2. The van der Waals surface area contributed by atoms with E-state index in [0.29, 0.717) is 17.5 Å². The number of nitrogens with zero attached hydrogens (tertiary/aromatic N) is 2. The number of benzene rings is 1. The number of halogens is 2. The Morgan fingerprint density at radius 1 is 1.05 bits per heavy atom. The van der Waals surface area contributed by atoms with Gasteiger partial charge in [0.1, 0.15) is 0 Å². The van der Waals surface area contributed by atoms with Gasteiger partial charge in [0.2, 0.25) is 0 Å². The van der Waals surface area contributed by atoms with Crippen LogP contribution in [0.15, 0.2) is 36.7 Å². The van der Waals surface area contributed by atoms with Crippen LogP contribution < -0.4 is 10.2 Å². The minimum absolute atomic E-state index is 0.501. The van der Waals surface area contributed by atoms with Crippen LogP contribution in [0.3, 0.4) is 0 Å². The predicted molar refractivity (Wildman–Crippen MR) is 81.7 cm³/mol. The zero-order valence-corrected chi connectivity index (χ0v) is 12.1. The molecular formula is C17H17F2N3. The number of anilines is 1. The van der Waals surface area contributed by atoms with Crippen molar-refractivity contribution in [1.29, 1.82) is 0 Å². The first-order valence-corrected chi connectivity index (χ1v) is 7.58. The second kappa shape index (κ2) is 5.32. The average molecular weight is 301 g/mol. The van der Waals surface area contributed by atoms with Crippen molar-refractivity contribution in [3.8, 4) is 11.1 Å². The Hall–Kier alpha value is -2.01. The van der Waals surface area contributed by atoms with E-state index in [9.17, 15) is 8.78 Å². The van der Waals surface area contributed by atoms with Gasteiger partial charge in [-0.25, -0.2) is 8.78 Å². The zero-order valence-electron chi connectivity index (χ0n) is 12.1. The minimum Gasteiger partial charge on any atom is -0.366 e. The molecule has 114 valence electrons. The molecule has 5 heteroatoms. The molecular weight excluding hydrogens is 284 g/mol. The highest BCUT2D eigenvalue weighted by molar-refractivity contribution is 5.67. The molecule has 2 saturated heterocycles. The number of piperidine rings is 1. The lowest BCUT2D eigenvalue weighted by Crippen LogP contribution is -2.39. The van der Waals surface area contributed by atoms with Crippen molar-refractivity contribution in [3.63, 3.8) is 0 Å². The molecule has 3 nitrogen and oxygen atoms in total. The minimum atomic E-state index is -0.830. The summed E-state index contributed by atoms with van der Waals surface area (Å²) in [5, 5.41) is 3.45. The Morgan fingerprint density at radius 2 is 1.95 bits per heavy atom. The number of pyridine rings is 1. The van der Waals surface area contributed by atoms with Crippen LogP contribution in [0.4, 0.5) is 14.5 Å². The van der Waals surface area contributed by atoms with Crippen molar-refractivity contribution in [1.82, 2.24) is 10.3 Å². The molecule has 2 unspecified atom stereocenters. The molecule has 3 heterocycles. The van der Waals surface area contributed by atoms with Gasteiger partial charge in [0.05, 0.1) is 11.9 Å². The molecule has 0 aliphatic carbocycles. The van der Waals surface area contributed by atoms with E-state index in [0.717, 1.165) is 37.0 Å². The third-order valence-electron chi connectivity index (χ3n) is 4.62. The van der Waals surface area contributed by atoms with E-state index in [1.165, 1.54) is 12.5 Å². The van der Waals surface area contributed by atoms with E-state index in [1.807, 2.05) is 12.3 Å². The third kappa shape index (κ3) is 2.35. The molecule has 2 fully saturated rings. The first-order valence-electron chi connectivity index (χ1n) is 7.58. The smallest absolute Gasteiger partial charge is 0.159 e. The first-order chi connectivity index (χ1) is 10.7. The third-order valence-corrected chi connectivity index (χ3v) is 4.62. The molecule has 2 bridgehead atoms. The summed E-state index contributed by atoms with van der Waals surface area (Å²) in [5.41, 5.74) is 2.51. The summed E-state index contributed by atoms with van der Waals surface area (Å²) in [6.45, 7) is 3.09. The van der Waals surface area contributed by atoms with Crippen LogP contribution in [0.1, 0.15) is 6.42 Å². The average Bonchev–Trinajstić information content (AvgIpc) is 2.84. The van der Waals surface area contributed by atoms with Crippen LogP contribution in [0.25, 0.3) is 11.1 Å². The van der Waals surface area contributed by atoms with E-state index < -0.39 is 11.6 Å². The lowest BCUT2D eigenvalue weighted by molar-refractivity contribution is 0.434. The van der Waals surface area contributed by atoms with Gasteiger partial charge in [-0.3, -0.25) is 4.98 Å². The number of nitrogens with one attached hydrogen (secondary N) is 1. The van der Waals surface area contributed by atoms with Crippen molar-refractivity contribution in [2.75, 3.05) is 24.5 Å². The second-order valence-electron chi connectivity index (χ2n) is 6.13. The van der Waals surface area contributed by atoms with Crippen molar-refractivity contribution in [3.05, 3.63) is 48.3 Å². The molecule has 0 spiro atoms. The Morgan fingerprint density at radius 3 is 2.77 bits per heavy atom. The first kappa shape index (κ1) is 13.6. The number of aromatic nitrogens is 1. The monoisotopic (exact) mass is 301 g/mol. The van der Waals surface area contributed by atoms with Gasteiger partial charge in [0, 0.05) is 30.9 Å². The fraction of sp³-hybridized carbons (Fsp3) is 0.353. The summed E-state index contributed by atoms with van der Waals surface area (Å²) in [6.07, 6.45) is 4.75. The van der Waals surface area contributed by atoms with Gasteiger partial charge in [-0.05, 0) is 42.6 Å². The van der Waals surface area contributed by atoms with Crippen LogP contribution in [0.2, 0.25) is 0 Å². The standard InChI is InChI=1S/C17H17F2N3/c18-16-2-1-12(5-17(16)19)13-4-15(9-21-7-13)22-10-11-3-14(22)8-20-6-11/h1-2,4-5,7,9,11,14,20H,3,6,8,10H2. The SMILES string of the molecule is Fc1ccc(-c2cncc(N3CC4CNCC3C4)c2)cc1F.